The standard InChI is InChI=1S/C21H19NO5S/c23-28(24,20-8-2-1-3-9-20)27-21-16(12-18-6-4-10-25-18)14-22-15-17(21)13-19-7-5-11-26-19/h1-13,21-22H,14-15H2/b16-12+,17-13+. The number of hydrogen-bond donors (Lipinski definition) is 1. The third-order valence-electron chi connectivity index (χ3n) is 4.33. The Bertz CT molecular complexity index is 1010. The van der Waals surface area contributed by atoms with E-state index in [4.69, 9.17) is 13.0 Å². The monoisotopic (exact) mass is 397 g/mol. The van der Waals surface area contributed by atoms with Crippen molar-refractivity contribution in [3.8, 4) is 0 Å². The largest absolute Gasteiger partial charge is 0.465 e. The molecule has 7 heteroatoms. The second kappa shape index (κ2) is 8.02. The van der Waals surface area contributed by atoms with Gasteiger partial charge in [-0.05, 0) is 59.7 Å². The van der Waals surface area contributed by atoms with Crippen LogP contribution in [0.3, 0.4) is 0 Å². The molecule has 0 radical (unpaired) electrons. The van der Waals surface area contributed by atoms with E-state index in [1.165, 1.54) is 12.1 Å². The fraction of sp³-hybridized carbons (Fsp3) is 0.143. The normalized spacial score (nSPS) is 20.6. The minimum Gasteiger partial charge on any atom is -0.465 e. The van der Waals surface area contributed by atoms with E-state index in [0.717, 1.165) is 11.1 Å². The molecule has 0 saturated carbocycles. The summed E-state index contributed by atoms with van der Waals surface area (Å²) in [5.74, 6) is 1.25. The summed E-state index contributed by atoms with van der Waals surface area (Å²) in [4.78, 5) is 0.114. The van der Waals surface area contributed by atoms with E-state index in [-0.39, 0.29) is 4.90 Å². The molecule has 3 heterocycles. The topological polar surface area (TPSA) is 81.7 Å². The molecule has 144 valence electrons. The maximum atomic E-state index is 12.9. The third kappa shape index (κ3) is 4.17. The van der Waals surface area contributed by atoms with Crippen LogP contribution >= 0.6 is 0 Å². The summed E-state index contributed by atoms with van der Waals surface area (Å²) in [5.41, 5.74) is 1.50. The summed E-state index contributed by atoms with van der Waals surface area (Å²) in [6.45, 7) is 0.955. The van der Waals surface area contributed by atoms with Gasteiger partial charge in [0, 0.05) is 13.1 Å². The van der Waals surface area contributed by atoms with Gasteiger partial charge in [-0.2, -0.15) is 8.42 Å². The summed E-state index contributed by atoms with van der Waals surface area (Å²) in [6.07, 6.45) is 5.97. The maximum absolute atomic E-state index is 12.9. The molecule has 6 nitrogen and oxygen atoms in total. The minimum absolute atomic E-state index is 0.114. The van der Waals surface area contributed by atoms with Crippen molar-refractivity contribution in [2.24, 2.45) is 0 Å². The van der Waals surface area contributed by atoms with Crippen LogP contribution in [0.2, 0.25) is 0 Å². The zero-order chi connectivity index (χ0) is 19.4. The second-order valence-corrected chi connectivity index (χ2v) is 7.89. The maximum Gasteiger partial charge on any atom is 0.297 e. The molecule has 4 rings (SSSR count). The molecule has 1 aliphatic rings. The van der Waals surface area contributed by atoms with Crippen LogP contribution in [0, 0.1) is 0 Å². The van der Waals surface area contributed by atoms with Crippen molar-refractivity contribution < 1.29 is 21.4 Å². The van der Waals surface area contributed by atoms with Gasteiger partial charge in [0.25, 0.3) is 10.1 Å². The van der Waals surface area contributed by atoms with Crippen LogP contribution in [0.5, 0.6) is 0 Å². The SMILES string of the molecule is O=S(=O)(OC1/C(=C/c2ccco2)CNC/C1=C\c1ccco1)c1ccccc1. The van der Waals surface area contributed by atoms with Gasteiger partial charge in [-0.15, -0.1) is 0 Å². The van der Waals surface area contributed by atoms with Crippen molar-refractivity contribution in [1.82, 2.24) is 5.32 Å². The Kier molecular flexibility index (Phi) is 5.29. The van der Waals surface area contributed by atoms with Crippen LogP contribution in [0.15, 0.2) is 92.0 Å². The molecule has 3 aromatic rings. The summed E-state index contributed by atoms with van der Waals surface area (Å²) in [7, 11) is -3.95. The first kappa shape index (κ1) is 18.5. The molecular formula is C21H19NO5S. The lowest BCUT2D eigenvalue weighted by Crippen LogP contribution is -2.38. The van der Waals surface area contributed by atoms with Crippen LogP contribution in [-0.4, -0.2) is 27.6 Å². The lowest BCUT2D eigenvalue weighted by atomic mass is 9.96. The zero-order valence-corrected chi connectivity index (χ0v) is 15.8. The van der Waals surface area contributed by atoms with Gasteiger partial charge in [-0.25, -0.2) is 0 Å². The van der Waals surface area contributed by atoms with Crippen molar-refractivity contribution >= 4 is 22.3 Å². The van der Waals surface area contributed by atoms with E-state index in [1.54, 1.807) is 67.1 Å². The molecule has 0 aliphatic carbocycles. The number of hydrogen-bond acceptors (Lipinski definition) is 6. The van der Waals surface area contributed by atoms with Crippen LogP contribution in [0.4, 0.5) is 0 Å². The van der Waals surface area contributed by atoms with Gasteiger partial charge < -0.3 is 14.2 Å². The molecular weight excluding hydrogens is 378 g/mol. The smallest absolute Gasteiger partial charge is 0.297 e. The predicted molar refractivity (Wildman–Crippen MR) is 105 cm³/mol. The summed E-state index contributed by atoms with van der Waals surface area (Å²) < 4.78 is 42.2. The molecule has 28 heavy (non-hydrogen) atoms. The first-order valence-electron chi connectivity index (χ1n) is 8.79. The molecule has 0 spiro atoms. The Morgan fingerprint density at radius 3 is 1.93 bits per heavy atom. The molecule has 1 aromatic carbocycles. The van der Waals surface area contributed by atoms with Crippen LogP contribution in [0.1, 0.15) is 11.5 Å². The Hall–Kier alpha value is -2.87. The van der Waals surface area contributed by atoms with E-state index >= 15 is 0 Å². The Balaban J connectivity index is 1.73. The van der Waals surface area contributed by atoms with E-state index in [0.29, 0.717) is 24.6 Å². The fourth-order valence-corrected chi connectivity index (χ4v) is 4.14. The van der Waals surface area contributed by atoms with Gasteiger partial charge in [0.2, 0.25) is 0 Å². The minimum atomic E-state index is -3.95. The van der Waals surface area contributed by atoms with Gasteiger partial charge in [0.1, 0.15) is 17.6 Å². The average Bonchev–Trinajstić information content (AvgIpc) is 3.39. The summed E-state index contributed by atoms with van der Waals surface area (Å²) in [5, 5.41) is 3.27. The highest BCUT2D eigenvalue weighted by molar-refractivity contribution is 7.86. The number of benzene rings is 1. The van der Waals surface area contributed by atoms with Crippen molar-refractivity contribution in [3.63, 3.8) is 0 Å². The van der Waals surface area contributed by atoms with E-state index in [9.17, 15) is 8.42 Å². The van der Waals surface area contributed by atoms with E-state index in [2.05, 4.69) is 5.32 Å². The summed E-state index contributed by atoms with van der Waals surface area (Å²) in [6, 6.07) is 15.3. The first-order chi connectivity index (χ1) is 13.6. The van der Waals surface area contributed by atoms with Crippen LogP contribution < -0.4 is 5.32 Å². The molecule has 0 unspecified atom stereocenters. The highest BCUT2D eigenvalue weighted by atomic mass is 32.2. The van der Waals surface area contributed by atoms with Gasteiger partial charge in [-0.3, -0.25) is 4.18 Å². The second-order valence-electron chi connectivity index (χ2n) is 6.32. The van der Waals surface area contributed by atoms with Gasteiger partial charge in [0.15, 0.2) is 0 Å². The molecule has 2 aromatic heterocycles. The lowest BCUT2D eigenvalue weighted by Gasteiger charge is -2.28. The fourth-order valence-electron chi connectivity index (χ4n) is 3.03. The highest BCUT2D eigenvalue weighted by Crippen LogP contribution is 2.28. The summed E-state index contributed by atoms with van der Waals surface area (Å²) >= 11 is 0. The molecule has 1 fully saturated rings. The molecule has 1 aliphatic heterocycles. The molecule has 0 bridgehead atoms. The Morgan fingerprint density at radius 2 is 1.43 bits per heavy atom. The van der Waals surface area contributed by atoms with Crippen LogP contribution in [0.25, 0.3) is 12.2 Å². The average molecular weight is 397 g/mol. The van der Waals surface area contributed by atoms with Crippen molar-refractivity contribution in [3.05, 3.63) is 89.8 Å². The van der Waals surface area contributed by atoms with Crippen molar-refractivity contribution in [1.29, 1.82) is 0 Å². The van der Waals surface area contributed by atoms with E-state index in [1.807, 2.05) is 0 Å². The first-order valence-corrected chi connectivity index (χ1v) is 10.2. The molecule has 1 saturated heterocycles. The Morgan fingerprint density at radius 1 is 0.857 bits per heavy atom. The van der Waals surface area contributed by atoms with Gasteiger partial charge >= 0.3 is 0 Å². The van der Waals surface area contributed by atoms with Crippen molar-refractivity contribution in [2.45, 2.75) is 11.0 Å². The lowest BCUT2D eigenvalue weighted by molar-refractivity contribution is 0.262. The number of rotatable bonds is 5. The number of nitrogens with one attached hydrogen (secondary N) is 1. The highest BCUT2D eigenvalue weighted by Gasteiger charge is 2.30. The van der Waals surface area contributed by atoms with E-state index < -0.39 is 16.2 Å². The molecule has 1 N–H and O–H groups in total. The number of furan rings is 2. The van der Waals surface area contributed by atoms with Crippen LogP contribution in [-0.2, 0) is 14.3 Å². The predicted octanol–water partition coefficient (Wildman–Crippen LogP) is 3.72. The number of piperidine rings is 1. The molecule has 0 atom stereocenters. The third-order valence-corrected chi connectivity index (χ3v) is 5.62. The quantitative estimate of drug-likeness (QED) is 0.661. The Labute approximate surface area is 163 Å². The van der Waals surface area contributed by atoms with Crippen molar-refractivity contribution in [2.75, 3.05) is 13.1 Å². The van der Waals surface area contributed by atoms with Gasteiger partial charge in [-0.1, -0.05) is 18.2 Å². The molecule has 0 amide bonds. The zero-order valence-electron chi connectivity index (χ0n) is 14.9. The van der Waals surface area contributed by atoms with Gasteiger partial charge in [0.05, 0.1) is 17.4 Å².